The first-order chi connectivity index (χ1) is 28.2. The zero-order valence-corrected chi connectivity index (χ0v) is 33.5. The van der Waals surface area contributed by atoms with Crippen molar-refractivity contribution in [3.63, 3.8) is 0 Å². The second kappa shape index (κ2) is 29.1. The average Bonchev–Trinajstić information content (AvgIpc) is 3.26. The van der Waals surface area contributed by atoms with Gasteiger partial charge in [-0.1, -0.05) is 104 Å². The average molecular weight is 788 g/mol. The number of nitrogens with one attached hydrogen (secondary N) is 1. The number of esters is 1. The van der Waals surface area contributed by atoms with Gasteiger partial charge in [0.05, 0.1) is 105 Å². The second-order valence-electron chi connectivity index (χ2n) is 12.9. The highest BCUT2D eigenvalue weighted by molar-refractivity contribution is 5.89. The number of hydrogen-bond acceptors (Lipinski definition) is 11. The summed E-state index contributed by atoms with van der Waals surface area (Å²) in [6.45, 7) is 10.00. The van der Waals surface area contributed by atoms with Crippen molar-refractivity contribution in [3.8, 4) is 0 Å². The van der Waals surface area contributed by atoms with Crippen LogP contribution in [0.5, 0.6) is 0 Å². The van der Waals surface area contributed by atoms with Gasteiger partial charge in [0.1, 0.15) is 12.2 Å². The van der Waals surface area contributed by atoms with E-state index in [1.807, 2.05) is 66.7 Å². The summed E-state index contributed by atoms with van der Waals surface area (Å²) in [5.74, 6) is -0.361. The quantitative estimate of drug-likeness (QED) is 0.0301. The van der Waals surface area contributed by atoms with Crippen LogP contribution in [0.1, 0.15) is 46.8 Å². The summed E-state index contributed by atoms with van der Waals surface area (Å²) in [6.07, 6.45) is 2.24. The van der Waals surface area contributed by atoms with E-state index in [-0.39, 0.29) is 12.6 Å². The van der Waals surface area contributed by atoms with Gasteiger partial charge in [0.2, 0.25) is 0 Å². The number of carbonyl (C=O) groups is 1. The van der Waals surface area contributed by atoms with Gasteiger partial charge >= 0.3 is 5.97 Å². The molecule has 0 heterocycles. The zero-order chi connectivity index (χ0) is 39.9. The monoisotopic (exact) mass is 787 g/mol. The van der Waals surface area contributed by atoms with Crippen LogP contribution in [0.4, 0.5) is 5.69 Å². The highest BCUT2D eigenvalue weighted by Crippen LogP contribution is 2.40. The minimum atomic E-state index is -0.757. The minimum Gasteiger partial charge on any atom is -0.460 e. The van der Waals surface area contributed by atoms with E-state index < -0.39 is 5.60 Å². The van der Waals surface area contributed by atoms with Crippen LogP contribution in [-0.2, 0) is 48.2 Å². The smallest absolute Gasteiger partial charge is 0.338 e. The van der Waals surface area contributed by atoms with Gasteiger partial charge in [-0.3, -0.25) is 0 Å². The summed E-state index contributed by atoms with van der Waals surface area (Å²) < 4.78 is 51.2. The Morgan fingerprint density at radius 3 is 1.18 bits per heavy atom. The van der Waals surface area contributed by atoms with E-state index >= 15 is 0 Å². The molecule has 0 saturated carbocycles. The maximum atomic E-state index is 12.2. The van der Waals surface area contributed by atoms with Crippen LogP contribution in [0.3, 0.4) is 0 Å². The fourth-order valence-electron chi connectivity index (χ4n) is 5.85. The van der Waals surface area contributed by atoms with Crippen LogP contribution in [0, 0.1) is 0 Å². The molecule has 0 saturated heterocycles. The molecule has 0 aliphatic carbocycles. The fraction of sp³-hybridized carbons (Fsp3) is 0.457. The third-order valence-electron chi connectivity index (χ3n) is 8.76. The molecule has 0 unspecified atom stereocenters. The van der Waals surface area contributed by atoms with Gasteiger partial charge in [0.15, 0.2) is 0 Å². The Kier molecular flexibility index (Phi) is 23.2. The van der Waals surface area contributed by atoms with Crippen molar-refractivity contribution in [2.24, 2.45) is 0 Å². The molecule has 0 aliphatic heterocycles. The Labute approximate surface area is 338 Å². The van der Waals surface area contributed by atoms with Crippen LogP contribution in [0.2, 0.25) is 0 Å². The van der Waals surface area contributed by atoms with Crippen molar-refractivity contribution in [1.29, 1.82) is 0 Å². The van der Waals surface area contributed by atoms with Gasteiger partial charge in [-0.25, -0.2) is 4.79 Å². The molecule has 0 fully saturated rings. The van der Waals surface area contributed by atoms with Crippen molar-refractivity contribution in [3.05, 3.63) is 138 Å². The molecule has 0 radical (unpaired) electrons. The molecule has 0 aromatic heterocycles. The lowest BCUT2D eigenvalue weighted by atomic mass is 9.80. The molecule has 310 valence electrons. The van der Waals surface area contributed by atoms with Gasteiger partial charge in [-0.2, -0.15) is 0 Å². The van der Waals surface area contributed by atoms with Gasteiger partial charge < -0.3 is 47.9 Å². The number of carbonyl (C=O) groups excluding carboxylic acids is 1. The van der Waals surface area contributed by atoms with E-state index in [0.29, 0.717) is 105 Å². The number of benzene rings is 4. The maximum Gasteiger partial charge on any atom is 0.338 e. The third-order valence-corrected chi connectivity index (χ3v) is 8.76. The first kappa shape index (κ1) is 45.5. The molecule has 0 spiro atoms. The highest BCUT2D eigenvalue weighted by Gasteiger charge is 2.37. The van der Waals surface area contributed by atoms with Crippen LogP contribution in [0.15, 0.2) is 115 Å². The molecular weight excluding hydrogens is 727 g/mol. The third kappa shape index (κ3) is 17.5. The summed E-state index contributed by atoms with van der Waals surface area (Å²) >= 11 is 0. The SMILES string of the molecule is CCCCNc1ccc(C(=O)OCCOCCOCCOCCOCCOCCOCCOCCOC(c2ccccc2)(c2ccccc2)c2ccccc2)cc1. The standard InChI is InChI=1S/C46H61NO10/c1-2-3-23-47-44-21-19-40(20-22-44)45(48)56-38-36-54-34-32-52-30-28-50-26-24-49-25-27-51-29-31-53-33-35-55-37-39-57-46(41-13-7-4-8-14-41,42-15-9-5-10-16-42)43-17-11-6-12-18-43/h4-22,47H,2-3,23-39H2,1H3. The predicted octanol–water partition coefficient (Wildman–Crippen LogP) is 7.18. The lowest BCUT2D eigenvalue weighted by Gasteiger charge is -2.36. The van der Waals surface area contributed by atoms with Crippen molar-refractivity contribution < 1.29 is 47.4 Å². The van der Waals surface area contributed by atoms with E-state index in [2.05, 4.69) is 48.6 Å². The maximum absolute atomic E-state index is 12.2. The first-order valence-electron chi connectivity index (χ1n) is 20.1. The van der Waals surface area contributed by atoms with E-state index in [0.717, 1.165) is 41.8 Å². The molecule has 0 aliphatic rings. The molecule has 57 heavy (non-hydrogen) atoms. The normalized spacial score (nSPS) is 11.5. The van der Waals surface area contributed by atoms with Crippen molar-refractivity contribution in [2.75, 3.05) is 118 Å². The molecule has 4 rings (SSSR count). The van der Waals surface area contributed by atoms with Gasteiger partial charge in [0, 0.05) is 12.2 Å². The van der Waals surface area contributed by atoms with Crippen LogP contribution < -0.4 is 5.32 Å². The molecular formula is C46H61NO10. The van der Waals surface area contributed by atoms with Crippen molar-refractivity contribution in [2.45, 2.75) is 25.4 Å². The number of ether oxygens (including phenoxy) is 9. The molecule has 4 aromatic carbocycles. The van der Waals surface area contributed by atoms with Crippen molar-refractivity contribution in [1.82, 2.24) is 0 Å². The van der Waals surface area contributed by atoms with Crippen LogP contribution in [-0.4, -0.2) is 118 Å². The molecule has 1 N–H and O–H groups in total. The second-order valence-corrected chi connectivity index (χ2v) is 12.9. The van der Waals surface area contributed by atoms with Crippen LogP contribution >= 0.6 is 0 Å². The molecule has 0 amide bonds. The Bertz CT molecular complexity index is 1460. The minimum absolute atomic E-state index is 0.188. The van der Waals surface area contributed by atoms with Gasteiger partial charge in [0.25, 0.3) is 0 Å². The summed E-state index contributed by atoms with van der Waals surface area (Å²) in [4.78, 5) is 12.2. The molecule has 11 heteroatoms. The van der Waals surface area contributed by atoms with Gasteiger partial charge in [-0.05, 0) is 47.4 Å². The molecule has 11 nitrogen and oxygen atoms in total. The number of rotatable bonds is 33. The number of hydrogen-bond donors (Lipinski definition) is 1. The van der Waals surface area contributed by atoms with Crippen molar-refractivity contribution >= 4 is 11.7 Å². The zero-order valence-electron chi connectivity index (χ0n) is 33.5. The molecule has 4 aromatic rings. The predicted molar refractivity (Wildman–Crippen MR) is 221 cm³/mol. The summed E-state index contributed by atoms with van der Waals surface area (Å²) in [7, 11) is 0. The van der Waals surface area contributed by atoms with E-state index in [1.165, 1.54) is 0 Å². The lowest BCUT2D eigenvalue weighted by Crippen LogP contribution is -2.34. The summed E-state index contributed by atoms with van der Waals surface area (Å²) in [5, 5.41) is 3.32. The number of anilines is 1. The summed E-state index contributed by atoms with van der Waals surface area (Å²) in [5.41, 5.74) is 3.95. The fourth-order valence-corrected chi connectivity index (χ4v) is 5.85. The van der Waals surface area contributed by atoms with Crippen LogP contribution in [0.25, 0.3) is 0 Å². The Morgan fingerprint density at radius 1 is 0.456 bits per heavy atom. The summed E-state index contributed by atoms with van der Waals surface area (Å²) in [6, 6.07) is 38.3. The lowest BCUT2D eigenvalue weighted by molar-refractivity contribution is -0.0398. The van der Waals surface area contributed by atoms with E-state index in [1.54, 1.807) is 12.1 Å². The Balaban J connectivity index is 0.904. The Morgan fingerprint density at radius 2 is 0.807 bits per heavy atom. The molecule has 0 atom stereocenters. The van der Waals surface area contributed by atoms with E-state index in [9.17, 15) is 4.79 Å². The Hall–Kier alpha value is -4.17. The number of unbranched alkanes of at least 4 members (excludes halogenated alkanes) is 1. The highest BCUT2D eigenvalue weighted by atomic mass is 16.6. The van der Waals surface area contributed by atoms with Gasteiger partial charge in [-0.15, -0.1) is 0 Å². The largest absolute Gasteiger partial charge is 0.460 e. The van der Waals surface area contributed by atoms with E-state index in [4.69, 9.17) is 42.6 Å². The first-order valence-corrected chi connectivity index (χ1v) is 20.1. The topological polar surface area (TPSA) is 112 Å². The molecule has 0 bridgehead atoms.